The number of aliphatic imine (C=N–C) groups is 1. The van der Waals surface area contributed by atoms with Gasteiger partial charge in [-0.3, -0.25) is 14.4 Å². The van der Waals surface area contributed by atoms with Gasteiger partial charge in [0.05, 0.1) is 11.9 Å². The molecule has 1 N–H and O–H groups in total. The summed E-state index contributed by atoms with van der Waals surface area (Å²) in [7, 11) is 5.80. The van der Waals surface area contributed by atoms with Crippen molar-refractivity contribution in [1.29, 1.82) is 0 Å². The minimum atomic E-state index is 0. The number of aromatic nitrogens is 4. The zero-order valence-electron chi connectivity index (χ0n) is 15.7. The van der Waals surface area contributed by atoms with Crippen LogP contribution in [0.15, 0.2) is 17.4 Å². The van der Waals surface area contributed by atoms with Crippen molar-refractivity contribution in [2.75, 3.05) is 20.1 Å². The Balaban J connectivity index is 0.00000225. The van der Waals surface area contributed by atoms with Gasteiger partial charge in [-0.1, -0.05) is 0 Å². The monoisotopic (exact) mass is 457 g/mol. The van der Waals surface area contributed by atoms with Gasteiger partial charge in [0.15, 0.2) is 5.96 Å². The van der Waals surface area contributed by atoms with Crippen LogP contribution in [0.1, 0.15) is 34.9 Å². The molecule has 25 heavy (non-hydrogen) atoms. The molecule has 0 spiro atoms. The van der Waals surface area contributed by atoms with Crippen molar-refractivity contribution >= 4 is 29.9 Å². The summed E-state index contributed by atoms with van der Waals surface area (Å²) < 4.78 is 3.81. The first-order chi connectivity index (χ1) is 11.5. The second kappa shape index (κ2) is 8.20. The Morgan fingerprint density at radius 2 is 2.12 bits per heavy atom. The van der Waals surface area contributed by atoms with E-state index in [9.17, 15) is 0 Å². The van der Waals surface area contributed by atoms with Crippen molar-refractivity contribution in [3.8, 4) is 0 Å². The number of rotatable bonds is 3. The number of nitrogens with zero attached hydrogens (tertiary/aromatic N) is 6. The predicted molar refractivity (Wildman–Crippen MR) is 110 cm³/mol. The highest BCUT2D eigenvalue weighted by Gasteiger charge is 2.27. The van der Waals surface area contributed by atoms with Crippen LogP contribution in [0.2, 0.25) is 0 Å². The van der Waals surface area contributed by atoms with Gasteiger partial charge in [-0.25, -0.2) is 0 Å². The van der Waals surface area contributed by atoms with Crippen LogP contribution in [0.25, 0.3) is 0 Å². The number of hydrogen-bond acceptors (Lipinski definition) is 3. The van der Waals surface area contributed by atoms with Gasteiger partial charge in [0.1, 0.15) is 0 Å². The van der Waals surface area contributed by atoms with Crippen molar-refractivity contribution in [3.63, 3.8) is 0 Å². The third kappa shape index (κ3) is 4.16. The van der Waals surface area contributed by atoms with Gasteiger partial charge in [0.2, 0.25) is 0 Å². The van der Waals surface area contributed by atoms with Crippen LogP contribution in [-0.2, 0) is 20.6 Å². The molecule has 0 aromatic carbocycles. The van der Waals surface area contributed by atoms with E-state index in [4.69, 9.17) is 0 Å². The molecule has 7 nitrogen and oxygen atoms in total. The number of aryl methyl sites for hydroxylation is 3. The van der Waals surface area contributed by atoms with E-state index in [1.165, 1.54) is 16.8 Å². The molecule has 3 rings (SSSR count). The first kappa shape index (κ1) is 19.7. The van der Waals surface area contributed by atoms with E-state index >= 15 is 0 Å². The third-order valence-electron chi connectivity index (χ3n) is 4.98. The van der Waals surface area contributed by atoms with E-state index in [1.54, 1.807) is 0 Å². The average Bonchev–Trinajstić information content (AvgIpc) is 3.24. The van der Waals surface area contributed by atoms with Crippen LogP contribution in [0, 0.1) is 13.8 Å². The van der Waals surface area contributed by atoms with E-state index in [0.717, 1.165) is 37.7 Å². The van der Waals surface area contributed by atoms with Gasteiger partial charge < -0.3 is 10.2 Å². The fraction of sp³-hybridized carbons (Fsp3) is 0.588. The summed E-state index contributed by atoms with van der Waals surface area (Å²) >= 11 is 0. The predicted octanol–water partition coefficient (Wildman–Crippen LogP) is 1.95. The Bertz CT molecular complexity index is 746. The van der Waals surface area contributed by atoms with E-state index in [2.05, 4.69) is 45.5 Å². The second-order valence-corrected chi connectivity index (χ2v) is 6.55. The molecular formula is C17H28IN7. The quantitative estimate of drug-likeness (QED) is 0.435. The highest BCUT2D eigenvalue weighted by atomic mass is 127. The summed E-state index contributed by atoms with van der Waals surface area (Å²) in [4.78, 5) is 6.80. The van der Waals surface area contributed by atoms with Crippen LogP contribution in [0.4, 0.5) is 0 Å². The normalized spacial score (nSPS) is 17.7. The Morgan fingerprint density at radius 1 is 1.36 bits per heavy atom. The zero-order valence-corrected chi connectivity index (χ0v) is 18.0. The first-order valence-corrected chi connectivity index (χ1v) is 8.42. The molecule has 0 aliphatic carbocycles. The van der Waals surface area contributed by atoms with Gasteiger partial charge in [-0.2, -0.15) is 10.2 Å². The highest BCUT2D eigenvalue weighted by Crippen LogP contribution is 2.26. The number of likely N-dealkylation sites (tertiary alicyclic amines) is 1. The highest BCUT2D eigenvalue weighted by molar-refractivity contribution is 14.0. The summed E-state index contributed by atoms with van der Waals surface area (Å²) in [5, 5.41) is 12.3. The van der Waals surface area contributed by atoms with Crippen LogP contribution < -0.4 is 5.32 Å². The van der Waals surface area contributed by atoms with E-state index in [0.29, 0.717) is 5.92 Å². The third-order valence-corrected chi connectivity index (χ3v) is 4.98. The zero-order chi connectivity index (χ0) is 17.3. The maximum Gasteiger partial charge on any atom is 0.193 e. The minimum Gasteiger partial charge on any atom is -0.352 e. The van der Waals surface area contributed by atoms with Crippen molar-refractivity contribution in [2.24, 2.45) is 19.1 Å². The van der Waals surface area contributed by atoms with Crippen LogP contribution in [0.5, 0.6) is 0 Å². The van der Waals surface area contributed by atoms with Gasteiger partial charge in [0, 0.05) is 64.1 Å². The molecule has 3 heterocycles. The largest absolute Gasteiger partial charge is 0.352 e. The smallest absolute Gasteiger partial charge is 0.193 e. The SMILES string of the molecule is CN=C(NCc1c(C)nn(C)c1C)N1CCC(c2cnn(C)c2)C1.I. The summed E-state index contributed by atoms with van der Waals surface area (Å²) in [5.41, 5.74) is 4.84. The van der Waals surface area contributed by atoms with Gasteiger partial charge in [0.25, 0.3) is 0 Å². The second-order valence-electron chi connectivity index (χ2n) is 6.55. The lowest BCUT2D eigenvalue weighted by atomic mass is 10.0. The Morgan fingerprint density at radius 3 is 2.68 bits per heavy atom. The van der Waals surface area contributed by atoms with Crippen LogP contribution >= 0.6 is 24.0 Å². The van der Waals surface area contributed by atoms with Gasteiger partial charge >= 0.3 is 0 Å². The Kier molecular flexibility index (Phi) is 6.47. The Hall–Kier alpha value is -1.58. The van der Waals surface area contributed by atoms with Crippen LogP contribution in [-0.4, -0.2) is 50.6 Å². The molecule has 2 aromatic rings. The molecule has 1 atom stereocenters. The van der Waals surface area contributed by atoms with E-state index in [1.807, 2.05) is 36.7 Å². The standard InChI is InChI=1S/C17H27N7.HI/c1-12-16(13(2)23(5)21-12)9-19-17(18-3)24-7-6-14(11-24)15-8-20-22(4)10-15;/h8,10,14H,6-7,9,11H2,1-5H3,(H,18,19);1H. The minimum absolute atomic E-state index is 0. The molecule has 138 valence electrons. The van der Waals surface area contributed by atoms with Gasteiger partial charge in [-0.15, -0.1) is 24.0 Å². The molecule has 1 unspecified atom stereocenters. The summed E-state index contributed by atoms with van der Waals surface area (Å²) in [6.07, 6.45) is 5.23. The fourth-order valence-electron chi connectivity index (χ4n) is 3.45. The van der Waals surface area contributed by atoms with Crippen molar-refractivity contribution in [2.45, 2.75) is 32.7 Å². The molecule has 0 amide bonds. The first-order valence-electron chi connectivity index (χ1n) is 8.42. The van der Waals surface area contributed by atoms with E-state index in [-0.39, 0.29) is 24.0 Å². The number of halogens is 1. The lowest BCUT2D eigenvalue weighted by molar-refractivity contribution is 0.485. The maximum absolute atomic E-state index is 4.48. The molecule has 1 saturated heterocycles. The Labute approximate surface area is 166 Å². The molecule has 1 fully saturated rings. The average molecular weight is 457 g/mol. The lowest BCUT2D eigenvalue weighted by Gasteiger charge is -2.21. The van der Waals surface area contributed by atoms with Crippen molar-refractivity contribution in [3.05, 3.63) is 34.9 Å². The maximum atomic E-state index is 4.48. The van der Waals surface area contributed by atoms with E-state index < -0.39 is 0 Å². The summed E-state index contributed by atoms with van der Waals surface area (Å²) in [6.45, 7) is 6.92. The van der Waals surface area contributed by atoms with Crippen LogP contribution in [0.3, 0.4) is 0 Å². The summed E-state index contributed by atoms with van der Waals surface area (Å²) in [5.74, 6) is 1.49. The molecule has 2 aromatic heterocycles. The summed E-state index contributed by atoms with van der Waals surface area (Å²) in [6, 6.07) is 0. The number of guanidine groups is 1. The van der Waals surface area contributed by atoms with Crippen molar-refractivity contribution in [1.82, 2.24) is 29.8 Å². The van der Waals surface area contributed by atoms with Crippen molar-refractivity contribution < 1.29 is 0 Å². The molecule has 1 aliphatic heterocycles. The molecule has 0 bridgehead atoms. The molecule has 0 saturated carbocycles. The molecule has 0 radical (unpaired) electrons. The molecule has 8 heteroatoms. The number of hydrogen-bond donors (Lipinski definition) is 1. The van der Waals surface area contributed by atoms with Gasteiger partial charge in [-0.05, 0) is 25.8 Å². The number of nitrogens with one attached hydrogen (secondary N) is 1. The molecular weight excluding hydrogens is 429 g/mol. The topological polar surface area (TPSA) is 63.3 Å². The lowest BCUT2D eigenvalue weighted by Crippen LogP contribution is -2.39. The fourth-order valence-corrected chi connectivity index (χ4v) is 3.45. The molecule has 1 aliphatic rings.